The van der Waals surface area contributed by atoms with Crippen molar-refractivity contribution in [1.82, 2.24) is 29.5 Å². The van der Waals surface area contributed by atoms with E-state index in [9.17, 15) is 32.3 Å². The van der Waals surface area contributed by atoms with Crippen molar-refractivity contribution < 1.29 is 41.8 Å². The molecule has 1 unspecified atom stereocenters. The van der Waals surface area contributed by atoms with Crippen LogP contribution in [0.1, 0.15) is 67.3 Å². The molecule has 296 valence electrons. The van der Waals surface area contributed by atoms with Crippen LogP contribution in [0.15, 0.2) is 60.9 Å². The van der Waals surface area contributed by atoms with E-state index in [0.29, 0.717) is 56.3 Å². The molecule has 56 heavy (non-hydrogen) atoms. The number of hydrogen-bond donors (Lipinski definition) is 2. The highest BCUT2D eigenvalue weighted by Gasteiger charge is 2.33. The van der Waals surface area contributed by atoms with Crippen molar-refractivity contribution >= 4 is 40.7 Å². The molecule has 6 heterocycles. The number of imide groups is 1. The second-order valence-electron chi connectivity index (χ2n) is 14.5. The van der Waals surface area contributed by atoms with E-state index in [1.54, 1.807) is 16.7 Å². The zero-order chi connectivity index (χ0) is 39.6. The number of anilines is 2. The maximum atomic E-state index is 13.3. The number of piperazine rings is 1. The summed E-state index contributed by atoms with van der Waals surface area (Å²) in [5.41, 5.74) is 1.19. The molecular weight excluding hydrogens is 733 g/mol. The van der Waals surface area contributed by atoms with Crippen molar-refractivity contribution in [2.24, 2.45) is 0 Å². The van der Waals surface area contributed by atoms with E-state index < -0.39 is 29.8 Å². The van der Waals surface area contributed by atoms with E-state index in [2.05, 4.69) is 25.4 Å². The fraction of sp³-hybridized carbons (Fsp3) is 0.436. The molecule has 0 aliphatic carbocycles. The molecule has 3 aromatic heterocycles. The minimum atomic E-state index is -4.69. The molecule has 1 aromatic carbocycles. The first kappa shape index (κ1) is 38.6. The molecule has 0 bridgehead atoms. The number of carbonyl (C=O) groups excluding carboxylic acids is 4. The van der Waals surface area contributed by atoms with E-state index in [4.69, 9.17) is 14.5 Å². The molecule has 3 saturated heterocycles. The van der Waals surface area contributed by atoms with Crippen LogP contribution in [-0.2, 0) is 20.6 Å². The third-order valence-electron chi connectivity index (χ3n) is 10.1. The van der Waals surface area contributed by atoms with Crippen molar-refractivity contribution in [3.63, 3.8) is 0 Å². The van der Waals surface area contributed by atoms with Gasteiger partial charge in [0, 0.05) is 69.1 Å². The van der Waals surface area contributed by atoms with Gasteiger partial charge in [0.25, 0.3) is 11.8 Å². The number of nitrogens with one attached hydrogen (secondary N) is 2. The number of likely N-dealkylation sites (tertiary alicyclic amines) is 1. The third kappa shape index (κ3) is 9.04. The Labute approximate surface area is 320 Å². The topological polar surface area (TPSA) is 151 Å². The number of aromatic nitrogens is 3. The van der Waals surface area contributed by atoms with Gasteiger partial charge in [-0.1, -0.05) is 6.07 Å². The van der Waals surface area contributed by atoms with Crippen LogP contribution in [0, 0.1) is 0 Å². The van der Waals surface area contributed by atoms with Gasteiger partial charge in [0.05, 0.1) is 18.3 Å². The second kappa shape index (κ2) is 16.2. The molecule has 0 spiro atoms. The summed E-state index contributed by atoms with van der Waals surface area (Å²) in [5.74, 6) is -0.390. The summed E-state index contributed by atoms with van der Waals surface area (Å²) in [6.07, 6.45) is 0.0925. The Morgan fingerprint density at radius 3 is 2.36 bits per heavy atom. The standard InChI is InChI=1S/C39H43F3N8O6/c1-24(2)55-32-20-34-44-29(21-50(34)22-30(32)45-37(53)28-4-3-5-33(43-28)39(40,41)42)25-12-14-47(15-13-25)23-36(52)49-18-16-48(17-19-49)26-6-8-27(9-7-26)56-31-10-11-35(51)46-38(31)54/h3-9,20-22,24-25,31H,10-19,23H2,1-2H3,(H,45,53)(H,46,51,54). The van der Waals surface area contributed by atoms with Crippen molar-refractivity contribution in [1.29, 1.82) is 0 Å². The van der Waals surface area contributed by atoms with Gasteiger partial charge >= 0.3 is 6.18 Å². The summed E-state index contributed by atoms with van der Waals surface area (Å²) in [6, 6.07) is 12.4. The van der Waals surface area contributed by atoms with Gasteiger partial charge < -0.3 is 29.0 Å². The number of hydrogen-bond acceptors (Lipinski definition) is 10. The lowest BCUT2D eigenvalue weighted by Crippen LogP contribution is -2.51. The highest BCUT2D eigenvalue weighted by atomic mass is 19.4. The van der Waals surface area contributed by atoms with Crippen molar-refractivity contribution in [3.8, 4) is 11.5 Å². The molecule has 2 N–H and O–H groups in total. The molecule has 3 aliphatic rings. The number of benzene rings is 1. The highest BCUT2D eigenvalue weighted by molar-refractivity contribution is 6.03. The smallest absolute Gasteiger partial charge is 0.433 e. The number of alkyl halides is 3. The Hall–Kier alpha value is -5.71. The highest BCUT2D eigenvalue weighted by Crippen LogP contribution is 2.33. The lowest BCUT2D eigenvalue weighted by Gasteiger charge is -2.38. The molecule has 1 atom stereocenters. The van der Waals surface area contributed by atoms with Crippen molar-refractivity contribution in [2.75, 3.05) is 56.0 Å². The van der Waals surface area contributed by atoms with Gasteiger partial charge in [-0.05, 0) is 76.2 Å². The monoisotopic (exact) mass is 776 g/mol. The summed E-state index contributed by atoms with van der Waals surface area (Å²) in [4.78, 5) is 64.4. The Morgan fingerprint density at radius 2 is 1.68 bits per heavy atom. The van der Waals surface area contributed by atoms with Crippen LogP contribution in [0.2, 0.25) is 0 Å². The van der Waals surface area contributed by atoms with E-state index in [-0.39, 0.29) is 41.6 Å². The van der Waals surface area contributed by atoms with Crippen LogP contribution < -0.4 is 25.0 Å². The maximum Gasteiger partial charge on any atom is 0.433 e. The molecule has 3 aliphatic heterocycles. The van der Waals surface area contributed by atoms with Gasteiger partial charge in [-0.2, -0.15) is 13.2 Å². The van der Waals surface area contributed by atoms with Gasteiger partial charge in [0.15, 0.2) is 6.10 Å². The Morgan fingerprint density at radius 1 is 0.946 bits per heavy atom. The van der Waals surface area contributed by atoms with Gasteiger partial charge in [-0.15, -0.1) is 0 Å². The molecule has 4 aromatic rings. The quantitative estimate of drug-likeness (QED) is 0.221. The summed E-state index contributed by atoms with van der Waals surface area (Å²) in [6.45, 7) is 8.02. The number of imidazole rings is 1. The van der Waals surface area contributed by atoms with Crippen LogP contribution >= 0.6 is 0 Å². The predicted molar refractivity (Wildman–Crippen MR) is 199 cm³/mol. The molecule has 0 saturated carbocycles. The number of halogens is 3. The Balaban J connectivity index is 0.906. The van der Waals surface area contributed by atoms with Crippen molar-refractivity contribution in [3.05, 3.63) is 78.0 Å². The first-order chi connectivity index (χ1) is 26.8. The number of carbonyl (C=O) groups is 4. The van der Waals surface area contributed by atoms with Gasteiger partial charge in [0.1, 0.15) is 34.2 Å². The lowest BCUT2D eigenvalue weighted by molar-refractivity contribution is -0.141. The molecule has 4 amide bonds. The van der Waals surface area contributed by atoms with Gasteiger partial charge in [-0.3, -0.25) is 29.4 Å². The number of rotatable bonds is 10. The molecular formula is C39H43F3N8O6. The van der Waals surface area contributed by atoms with Crippen LogP contribution in [0.25, 0.3) is 5.65 Å². The fourth-order valence-electron chi connectivity index (χ4n) is 7.16. The SMILES string of the molecule is CC(C)Oc1cc2nc(C3CCN(CC(=O)N4CCN(c5ccc(OC6CCC(=O)NC6=O)cc5)CC4)CC3)cn2cc1NC(=O)c1cccc(C(F)(F)F)n1. The van der Waals surface area contributed by atoms with E-state index >= 15 is 0 Å². The van der Waals surface area contributed by atoms with Crippen LogP contribution in [0.3, 0.4) is 0 Å². The summed E-state index contributed by atoms with van der Waals surface area (Å²) in [5, 5.41) is 4.96. The Bertz CT molecular complexity index is 2090. The average Bonchev–Trinajstić information content (AvgIpc) is 3.59. The second-order valence-corrected chi connectivity index (χ2v) is 14.5. The maximum absolute atomic E-state index is 13.3. The van der Waals surface area contributed by atoms with Gasteiger partial charge in [-0.25, -0.2) is 9.97 Å². The number of amides is 4. The summed E-state index contributed by atoms with van der Waals surface area (Å²) < 4.78 is 53.2. The summed E-state index contributed by atoms with van der Waals surface area (Å²) >= 11 is 0. The summed E-state index contributed by atoms with van der Waals surface area (Å²) in [7, 11) is 0. The van der Waals surface area contributed by atoms with E-state index in [1.807, 2.05) is 49.2 Å². The number of nitrogens with zero attached hydrogens (tertiary/aromatic N) is 6. The zero-order valence-electron chi connectivity index (χ0n) is 31.1. The molecule has 7 rings (SSSR count). The zero-order valence-corrected chi connectivity index (χ0v) is 31.1. The predicted octanol–water partition coefficient (Wildman–Crippen LogP) is 4.50. The third-order valence-corrected chi connectivity index (χ3v) is 10.1. The average molecular weight is 777 g/mol. The van der Waals surface area contributed by atoms with Crippen LogP contribution in [-0.4, -0.2) is 106 Å². The molecule has 14 nitrogen and oxygen atoms in total. The minimum absolute atomic E-state index is 0.0939. The van der Waals surface area contributed by atoms with Gasteiger partial charge in [0.2, 0.25) is 11.8 Å². The van der Waals surface area contributed by atoms with E-state index in [1.165, 1.54) is 6.07 Å². The molecule has 17 heteroatoms. The normalized spacial score (nSPS) is 18.6. The van der Waals surface area contributed by atoms with Crippen LogP contribution in [0.5, 0.6) is 11.5 Å². The number of pyridine rings is 2. The Kier molecular flexibility index (Phi) is 11.1. The van der Waals surface area contributed by atoms with Crippen molar-refractivity contribution in [2.45, 2.75) is 63.8 Å². The number of ether oxygens (including phenoxy) is 2. The largest absolute Gasteiger partial charge is 0.489 e. The first-order valence-electron chi connectivity index (χ1n) is 18.7. The molecule has 0 radical (unpaired) electrons. The number of fused-ring (bicyclic) bond motifs is 1. The fourth-order valence-corrected chi connectivity index (χ4v) is 7.16. The minimum Gasteiger partial charge on any atom is -0.489 e. The first-order valence-corrected chi connectivity index (χ1v) is 18.7. The van der Waals surface area contributed by atoms with E-state index in [0.717, 1.165) is 49.4 Å². The lowest BCUT2D eigenvalue weighted by atomic mass is 9.94. The number of piperidine rings is 2. The molecule has 3 fully saturated rings. The van der Waals surface area contributed by atoms with Crippen LogP contribution in [0.4, 0.5) is 24.5 Å².